The second-order valence-corrected chi connectivity index (χ2v) is 4.75. The number of hydrogen-bond donors (Lipinski definition) is 0. The van der Waals surface area contributed by atoms with Crippen LogP contribution in [0.2, 0.25) is 0 Å². The minimum atomic E-state index is 0.829. The lowest BCUT2D eigenvalue weighted by Crippen LogP contribution is -2.31. The van der Waals surface area contributed by atoms with Crippen LogP contribution in [0.15, 0.2) is 0 Å². The maximum Gasteiger partial charge on any atom is 0.000713 e. The van der Waals surface area contributed by atoms with E-state index in [0.29, 0.717) is 0 Å². The van der Waals surface area contributed by atoms with Gasteiger partial charge in [-0.15, -0.1) is 0 Å². The molecule has 0 amide bonds. The summed E-state index contributed by atoms with van der Waals surface area (Å²) in [6, 6.07) is 0. The predicted octanol–water partition coefficient (Wildman–Crippen LogP) is 2.76. The highest BCUT2D eigenvalue weighted by Crippen LogP contribution is 2.16. The van der Waals surface area contributed by atoms with Gasteiger partial charge in [0.2, 0.25) is 0 Å². The highest BCUT2D eigenvalue weighted by Gasteiger charge is 2.14. The molecule has 1 heteroatoms. The molecule has 0 unspecified atom stereocenters. The summed E-state index contributed by atoms with van der Waals surface area (Å²) < 4.78 is 0. The topological polar surface area (TPSA) is 3.24 Å². The number of nitrogens with zero attached hydrogens (tertiary/aromatic N) is 1. The van der Waals surface area contributed by atoms with Crippen LogP contribution >= 0.6 is 0 Å². The second-order valence-electron chi connectivity index (χ2n) is 4.75. The standard InChI is InChI=1S/C11H23N/c1-10(2)8-12-7-5-4-6-11(3)9-12/h10-11H,4-9H2,1-3H3/t11-/m0/s1. The van der Waals surface area contributed by atoms with Gasteiger partial charge in [-0.25, -0.2) is 0 Å². The Hall–Kier alpha value is -0.0400. The van der Waals surface area contributed by atoms with Gasteiger partial charge < -0.3 is 4.90 Å². The Morgan fingerprint density at radius 1 is 1.33 bits per heavy atom. The Morgan fingerprint density at radius 3 is 2.75 bits per heavy atom. The van der Waals surface area contributed by atoms with E-state index in [1.165, 1.54) is 38.9 Å². The first-order chi connectivity index (χ1) is 5.68. The Morgan fingerprint density at radius 2 is 2.08 bits per heavy atom. The molecule has 0 aromatic carbocycles. The lowest BCUT2D eigenvalue weighted by Gasteiger charge is -2.24. The van der Waals surface area contributed by atoms with Crippen LogP contribution in [-0.4, -0.2) is 24.5 Å². The van der Waals surface area contributed by atoms with Crippen molar-refractivity contribution in [2.75, 3.05) is 19.6 Å². The quantitative estimate of drug-likeness (QED) is 0.614. The van der Waals surface area contributed by atoms with E-state index in [1.807, 2.05) is 0 Å². The van der Waals surface area contributed by atoms with Gasteiger partial charge >= 0.3 is 0 Å². The van der Waals surface area contributed by atoms with Gasteiger partial charge in [-0.1, -0.05) is 27.2 Å². The average Bonchev–Trinajstić information content (AvgIpc) is 2.12. The highest BCUT2D eigenvalue weighted by molar-refractivity contribution is 4.68. The predicted molar refractivity (Wildman–Crippen MR) is 54.3 cm³/mol. The Labute approximate surface area is 77.1 Å². The van der Waals surface area contributed by atoms with Crippen molar-refractivity contribution in [2.24, 2.45) is 11.8 Å². The van der Waals surface area contributed by atoms with Crippen LogP contribution in [0.5, 0.6) is 0 Å². The first-order valence-corrected chi connectivity index (χ1v) is 5.41. The smallest absolute Gasteiger partial charge is 0.000713 e. The molecule has 1 fully saturated rings. The monoisotopic (exact) mass is 169 g/mol. The molecule has 0 aliphatic carbocycles. The van der Waals surface area contributed by atoms with Crippen molar-refractivity contribution in [1.29, 1.82) is 0 Å². The molecule has 0 spiro atoms. The van der Waals surface area contributed by atoms with E-state index in [1.54, 1.807) is 0 Å². The SMILES string of the molecule is CC(C)CN1CCCC[C@H](C)C1. The zero-order chi connectivity index (χ0) is 8.97. The molecule has 0 aromatic heterocycles. The third-order valence-electron chi connectivity index (χ3n) is 2.61. The normalized spacial score (nSPS) is 27.5. The van der Waals surface area contributed by atoms with Gasteiger partial charge in [0, 0.05) is 13.1 Å². The minimum Gasteiger partial charge on any atom is -0.303 e. The average molecular weight is 169 g/mol. The van der Waals surface area contributed by atoms with Gasteiger partial charge in [0.25, 0.3) is 0 Å². The third kappa shape index (κ3) is 3.57. The largest absolute Gasteiger partial charge is 0.303 e. The summed E-state index contributed by atoms with van der Waals surface area (Å²) in [5.41, 5.74) is 0. The summed E-state index contributed by atoms with van der Waals surface area (Å²) in [7, 11) is 0. The van der Waals surface area contributed by atoms with Crippen LogP contribution in [0.1, 0.15) is 40.0 Å². The van der Waals surface area contributed by atoms with E-state index in [4.69, 9.17) is 0 Å². The van der Waals surface area contributed by atoms with Gasteiger partial charge in [0.15, 0.2) is 0 Å². The molecule has 0 N–H and O–H groups in total. The molecule has 1 nitrogen and oxygen atoms in total. The summed E-state index contributed by atoms with van der Waals surface area (Å²) in [5.74, 6) is 1.75. The van der Waals surface area contributed by atoms with Crippen LogP contribution < -0.4 is 0 Å². The molecule has 1 aliphatic heterocycles. The zero-order valence-corrected chi connectivity index (χ0v) is 8.84. The van der Waals surface area contributed by atoms with E-state index in [-0.39, 0.29) is 0 Å². The van der Waals surface area contributed by atoms with E-state index < -0.39 is 0 Å². The summed E-state index contributed by atoms with van der Waals surface area (Å²) in [6.45, 7) is 11.0. The molecular formula is C11H23N. The number of hydrogen-bond acceptors (Lipinski definition) is 1. The van der Waals surface area contributed by atoms with Crippen molar-refractivity contribution in [3.8, 4) is 0 Å². The summed E-state index contributed by atoms with van der Waals surface area (Å²) in [5, 5.41) is 0. The highest BCUT2D eigenvalue weighted by atomic mass is 15.1. The van der Waals surface area contributed by atoms with Crippen molar-refractivity contribution in [1.82, 2.24) is 4.90 Å². The number of rotatable bonds is 2. The molecule has 1 rings (SSSR count). The fourth-order valence-corrected chi connectivity index (χ4v) is 2.13. The van der Waals surface area contributed by atoms with Gasteiger partial charge in [0.1, 0.15) is 0 Å². The zero-order valence-electron chi connectivity index (χ0n) is 8.84. The van der Waals surface area contributed by atoms with Crippen LogP contribution in [0.4, 0.5) is 0 Å². The second kappa shape index (κ2) is 4.86. The Kier molecular flexibility index (Phi) is 4.07. The fourth-order valence-electron chi connectivity index (χ4n) is 2.13. The van der Waals surface area contributed by atoms with E-state index in [9.17, 15) is 0 Å². The number of likely N-dealkylation sites (tertiary alicyclic amines) is 1. The summed E-state index contributed by atoms with van der Waals surface area (Å²) >= 11 is 0. The van der Waals surface area contributed by atoms with Crippen LogP contribution in [-0.2, 0) is 0 Å². The molecule has 1 aliphatic rings. The van der Waals surface area contributed by atoms with Crippen LogP contribution in [0.25, 0.3) is 0 Å². The summed E-state index contributed by atoms with van der Waals surface area (Å²) in [6.07, 6.45) is 4.29. The molecule has 0 saturated carbocycles. The maximum atomic E-state index is 2.64. The lowest BCUT2D eigenvalue weighted by molar-refractivity contribution is 0.230. The van der Waals surface area contributed by atoms with Crippen molar-refractivity contribution < 1.29 is 0 Å². The van der Waals surface area contributed by atoms with Crippen LogP contribution in [0.3, 0.4) is 0 Å². The molecule has 1 saturated heterocycles. The van der Waals surface area contributed by atoms with Crippen molar-refractivity contribution >= 4 is 0 Å². The molecular weight excluding hydrogens is 146 g/mol. The maximum absolute atomic E-state index is 2.64. The van der Waals surface area contributed by atoms with E-state index in [2.05, 4.69) is 25.7 Å². The van der Waals surface area contributed by atoms with Crippen molar-refractivity contribution in [3.63, 3.8) is 0 Å². The third-order valence-corrected chi connectivity index (χ3v) is 2.61. The molecule has 0 aromatic rings. The molecule has 1 atom stereocenters. The first-order valence-electron chi connectivity index (χ1n) is 5.41. The molecule has 0 radical (unpaired) electrons. The first kappa shape index (κ1) is 10.0. The Balaban J connectivity index is 2.31. The lowest BCUT2D eigenvalue weighted by atomic mass is 10.1. The molecule has 72 valence electrons. The molecule has 0 bridgehead atoms. The minimum absolute atomic E-state index is 0.829. The van der Waals surface area contributed by atoms with Gasteiger partial charge in [-0.2, -0.15) is 0 Å². The van der Waals surface area contributed by atoms with Gasteiger partial charge in [-0.05, 0) is 31.2 Å². The van der Waals surface area contributed by atoms with Crippen molar-refractivity contribution in [2.45, 2.75) is 40.0 Å². The van der Waals surface area contributed by atoms with E-state index in [0.717, 1.165) is 11.8 Å². The molecule has 1 heterocycles. The fraction of sp³-hybridized carbons (Fsp3) is 1.00. The van der Waals surface area contributed by atoms with Gasteiger partial charge in [-0.3, -0.25) is 0 Å². The molecule has 12 heavy (non-hydrogen) atoms. The van der Waals surface area contributed by atoms with Gasteiger partial charge in [0.05, 0.1) is 0 Å². The van der Waals surface area contributed by atoms with Crippen molar-refractivity contribution in [3.05, 3.63) is 0 Å². The van der Waals surface area contributed by atoms with Crippen LogP contribution in [0, 0.1) is 11.8 Å². The van der Waals surface area contributed by atoms with E-state index >= 15 is 0 Å². The summed E-state index contributed by atoms with van der Waals surface area (Å²) in [4.78, 5) is 2.64. The Bertz CT molecular complexity index is 120.